The Balaban J connectivity index is 0.000000186. The first-order valence-corrected chi connectivity index (χ1v) is 13.1. The molecule has 0 atom stereocenters. The predicted molar refractivity (Wildman–Crippen MR) is 163 cm³/mol. The van der Waals surface area contributed by atoms with Crippen LogP contribution in [0.25, 0.3) is 34.2 Å². The molecule has 0 bridgehead atoms. The number of carboxylic acid groups (broad SMARTS) is 3. The summed E-state index contributed by atoms with van der Waals surface area (Å²) in [7, 11) is 0. The van der Waals surface area contributed by atoms with E-state index in [1.54, 1.807) is 36.8 Å². The summed E-state index contributed by atoms with van der Waals surface area (Å²) < 4.78 is 0. The van der Waals surface area contributed by atoms with Crippen molar-refractivity contribution in [2.45, 2.75) is 0 Å². The van der Waals surface area contributed by atoms with Crippen molar-refractivity contribution in [2.24, 2.45) is 0 Å². The van der Waals surface area contributed by atoms with E-state index in [1.807, 2.05) is 54.6 Å². The van der Waals surface area contributed by atoms with Crippen LogP contribution in [0.1, 0.15) is 31.1 Å². The predicted octanol–water partition coefficient (Wildman–Crippen LogP) is 5.52. The maximum absolute atomic E-state index is 10.6. The first-order chi connectivity index (χ1) is 21.8. The van der Waals surface area contributed by atoms with E-state index in [9.17, 15) is 14.4 Å². The zero-order chi connectivity index (χ0) is 32.0. The molecule has 0 aliphatic heterocycles. The molecule has 229 valence electrons. The van der Waals surface area contributed by atoms with Gasteiger partial charge in [-0.3, -0.25) is 29.9 Å². The van der Waals surface area contributed by atoms with Gasteiger partial charge in [0, 0.05) is 37.2 Å². The van der Waals surface area contributed by atoms with Crippen molar-refractivity contribution < 1.29 is 46.5 Å². The van der Waals surface area contributed by atoms with E-state index >= 15 is 0 Å². The molecule has 1 radical (unpaired) electrons. The molecule has 6 heterocycles. The largest absolute Gasteiger partial charge is 2.00 e. The molecule has 0 unspecified atom stereocenters. The summed E-state index contributed by atoms with van der Waals surface area (Å²) in [5.74, 6) is -2.93. The smallest absolute Gasteiger partial charge is 0.478 e. The molecule has 13 heteroatoms. The van der Waals surface area contributed by atoms with E-state index in [0.717, 1.165) is 17.1 Å². The first kappa shape index (κ1) is 34.3. The number of pyridine rings is 6. The molecule has 6 rings (SSSR count). The summed E-state index contributed by atoms with van der Waals surface area (Å²) in [6.45, 7) is 0. The number of rotatable bonds is 6. The van der Waals surface area contributed by atoms with Crippen molar-refractivity contribution >= 4 is 17.9 Å². The summed E-state index contributed by atoms with van der Waals surface area (Å²) in [6, 6.07) is 26.0. The number of hydrogen-bond acceptors (Lipinski definition) is 9. The molecule has 0 saturated heterocycles. The molecular weight excluding hydrogens is 635 g/mol. The van der Waals surface area contributed by atoms with Gasteiger partial charge in [-0.05, 0) is 72.8 Å². The van der Waals surface area contributed by atoms with Crippen molar-refractivity contribution in [3.63, 3.8) is 0 Å². The molecule has 6 aromatic heterocycles. The Morgan fingerprint density at radius 2 is 0.630 bits per heavy atom. The van der Waals surface area contributed by atoms with E-state index in [0.29, 0.717) is 17.1 Å². The van der Waals surface area contributed by atoms with Crippen LogP contribution in [-0.4, -0.2) is 63.1 Å². The number of aromatic carboxylic acids is 3. The van der Waals surface area contributed by atoms with Crippen LogP contribution in [-0.2, 0) is 16.8 Å². The second-order valence-electron chi connectivity index (χ2n) is 8.86. The second kappa shape index (κ2) is 17.2. The van der Waals surface area contributed by atoms with Gasteiger partial charge < -0.3 is 15.3 Å². The third-order valence-corrected chi connectivity index (χ3v) is 5.81. The van der Waals surface area contributed by atoms with Gasteiger partial charge in [0.15, 0.2) is 0 Å². The molecule has 0 aliphatic rings. The zero-order valence-corrected chi connectivity index (χ0v) is 24.7. The monoisotopic (exact) mass is 659 g/mol. The SMILES string of the molecule is O=C(O)c1ccc(-c2ccccn2)nc1.O=C(O)c1ccc(-c2ccccn2)nc1.O=C(O)c1ccc(-c2ccccn2)nc1.[Co+2]. The van der Waals surface area contributed by atoms with Gasteiger partial charge >= 0.3 is 34.7 Å². The minimum atomic E-state index is -0.977. The molecule has 3 N–H and O–H groups in total. The van der Waals surface area contributed by atoms with Crippen LogP contribution in [0.3, 0.4) is 0 Å². The third kappa shape index (κ3) is 9.94. The number of hydrogen-bond donors (Lipinski definition) is 3. The number of nitrogens with zero attached hydrogens (tertiary/aromatic N) is 6. The van der Waals surface area contributed by atoms with Crippen molar-refractivity contribution in [2.75, 3.05) is 0 Å². The fraction of sp³-hybridized carbons (Fsp3) is 0. The van der Waals surface area contributed by atoms with Gasteiger partial charge in [0.1, 0.15) is 0 Å². The van der Waals surface area contributed by atoms with Crippen LogP contribution in [0, 0.1) is 0 Å². The summed E-state index contributed by atoms with van der Waals surface area (Å²) in [6.07, 6.45) is 8.98. The molecule has 46 heavy (non-hydrogen) atoms. The van der Waals surface area contributed by atoms with Crippen molar-refractivity contribution in [1.82, 2.24) is 29.9 Å². The van der Waals surface area contributed by atoms with Gasteiger partial charge in [0.25, 0.3) is 0 Å². The molecule has 0 aromatic carbocycles. The number of aromatic nitrogens is 6. The number of carboxylic acids is 3. The molecule has 0 amide bonds. The molecule has 0 saturated carbocycles. The van der Waals surface area contributed by atoms with Gasteiger partial charge in [0.05, 0.1) is 50.9 Å². The minimum absolute atomic E-state index is 0. The van der Waals surface area contributed by atoms with Crippen molar-refractivity contribution in [3.05, 3.63) is 145 Å². The van der Waals surface area contributed by atoms with E-state index in [2.05, 4.69) is 29.9 Å². The Morgan fingerprint density at radius 3 is 0.804 bits per heavy atom. The van der Waals surface area contributed by atoms with Gasteiger partial charge in [-0.1, -0.05) is 18.2 Å². The Bertz CT molecular complexity index is 1630. The molecule has 12 nitrogen and oxygen atoms in total. The molecular formula is C33H24CoN6O6+2. The second-order valence-corrected chi connectivity index (χ2v) is 8.86. The van der Waals surface area contributed by atoms with Crippen molar-refractivity contribution in [1.29, 1.82) is 0 Å². The van der Waals surface area contributed by atoms with E-state index in [1.165, 1.54) is 36.8 Å². The van der Waals surface area contributed by atoms with E-state index in [-0.39, 0.29) is 33.5 Å². The Kier molecular flexibility index (Phi) is 12.8. The first-order valence-electron chi connectivity index (χ1n) is 13.1. The molecule has 0 fully saturated rings. The van der Waals surface area contributed by atoms with Crippen LogP contribution >= 0.6 is 0 Å². The zero-order valence-electron chi connectivity index (χ0n) is 23.7. The minimum Gasteiger partial charge on any atom is -0.478 e. The van der Waals surface area contributed by atoms with Crippen LogP contribution in [0.2, 0.25) is 0 Å². The van der Waals surface area contributed by atoms with Crippen LogP contribution in [0.4, 0.5) is 0 Å². The average Bonchev–Trinajstić information content (AvgIpc) is 3.10. The topological polar surface area (TPSA) is 189 Å². The van der Waals surface area contributed by atoms with Crippen LogP contribution < -0.4 is 0 Å². The fourth-order valence-corrected chi connectivity index (χ4v) is 3.56. The third-order valence-electron chi connectivity index (χ3n) is 5.81. The number of carbonyl (C=O) groups is 3. The van der Waals surface area contributed by atoms with Crippen molar-refractivity contribution in [3.8, 4) is 34.2 Å². The Hall–Kier alpha value is -6.18. The van der Waals surface area contributed by atoms with Gasteiger partial charge in [-0.2, -0.15) is 0 Å². The standard InChI is InChI=1S/3C11H8N2O2.Co/c3*14-11(15)8-4-5-10(13-7-8)9-3-1-2-6-12-9;/h3*1-7H,(H,14,15);/q;;;+2. The van der Waals surface area contributed by atoms with E-state index < -0.39 is 17.9 Å². The molecule has 6 aromatic rings. The summed E-state index contributed by atoms with van der Waals surface area (Å²) in [5.41, 5.74) is 4.72. The Labute approximate surface area is 272 Å². The summed E-state index contributed by atoms with van der Waals surface area (Å²) >= 11 is 0. The van der Waals surface area contributed by atoms with Crippen LogP contribution in [0.5, 0.6) is 0 Å². The van der Waals surface area contributed by atoms with Crippen LogP contribution in [0.15, 0.2) is 128 Å². The Morgan fingerprint density at radius 1 is 0.370 bits per heavy atom. The summed E-state index contributed by atoms with van der Waals surface area (Å²) in [5, 5.41) is 26.1. The van der Waals surface area contributed by atoms with E-state index in [4.69, 9.17) is 15.3 Å². The summed E-state index contributed by atoms with van der Waals surface area (Å²) in [4.78, 5) is 56.2. The fourth-order valence-electron chi connectivity index (χ4n) is 3.56. The average molecular weight is 660 g/mol. The normalized spacial score (nSPS) is 9.65. The van der Waals surface area contributed by atoms with Gasteiger partial charge in [-0.25, -0.2) is 14.4 Å². The van der Waals surface area contributed by atoms with Gasteiger partial charge in [0.2, 0.25) is 0 Å². The molecule has 0 spiro atoms. The maximum atomic E-state index is 10.6. The maximum Gasteiger partial charge on any atom is 2.00 e. The van der Waals surface area contributed by atoms with Gasteiger partial charge in [-0.15, -0.1) is 0 Å². The molecule has 0 aliphatic carbocycles. The quantitative estimate of drug-likeness (QED) is 0.203.